The molecule has 0 saturated carbocycles. The molecule has 0 unspecified atom stereocenters. The van der Waals surface area contributed by atoms with E-state index in [1.54, 1.807) is 0 Å². The monoisotopic (exact) mass is 242 g/mol. The molecule has 0 aliphatic heterocycles. The van der Waals surface area contributed by atoms with Crippen LogP contribution in [0.4, 0.5) is 4.39 Å². The zero-order valence-corrected chi connectivity index (χ0v) is 9.36. The van der Waals surface area contributed by atoms with Gasteiger partial charge < -0.3 is 15.2 Å². The van der Waals surface area contributed by atoms with Crippen LogP contribution < -0.4 is 5.32 Å². The normalized spacial score (nSPS) is 10.2. The summed E-state index contributed by atoms with van der Waals surface area (Å²) in [7, 11) is 0. The number of aliphatic hydroxyl groups excluding tert-OH is 1. The standard InChI is InChI=1S/C11H15FN2O3/c12-10-4-1-3-9(14-10)11(16)13-5-2-7-17-8-6-15/h1,3-4,15H,2,5-8H2,(H,13,16). The van der Waals surface area contributed by atoms with Crippen molar-refractivity contribution in [3.63, 3.8) is 0 Å². The number of rotatable bonds is 7. The topological polar surface area (TPSA) is 71.5 Å². The molecule has 0 aliphatic rings. The van der Waals surface area contributed by atoms with Gasteiger partial charge in [-0.3, -0.25) is 4.79 Å². The third-order valence-electron chi connectivity index (χ3n) is 1.93. The number of nitrogens with zero attached hydrogens (tertiary/aromatic N) is 1. The molecule has 0 aliphatic carbocycles. The van der Waals surface area contributed by atoms with Crippen LogP contribution in [0.5, 0.6) is 0 Å². The van der Waals surface area contributed by atoms with Crippen LogP contribution in [0.15, 0.2) is 18.2 Å². The van der Waals surface area contributed by atoms with Gasteiger partial charge in [0.2, 0.25) is 5.95 Å². The van der Waals surface area contributed by atoms with E-state index >= 15 is 0 Å². The van der Waals surface area contributed by atoms with Crippen molar-refractivity contribution in [3.8, 4) is 0 Å². The largest absolute Gasteiger partial charge is 0.394 e. The lowest BCUT2D eigenvalue weighted by molar-refractivity contribution is 0.0865. The highest BCUT2D eigenvalue weighted by atomic mass is 19.1. The minimum atomic E-state index is -0.677. The number of hydrogen-bond donors (Lipinski definition) is 2. The van der Waals surface area contributed by atoms with Crippen LogP contribution in [0.3, 0.4) is 0 Å². The molecule has 2 N–H and O–H groups in total. The van der Waals surface area contributed by atoms with Crippen molar-refractivity contribution in [3.05, 3.63) is 29.8 Å². The fourth-order valence-electron chi connectivity index (χ4n) is 1.17. The summed E-state index contributed by atoms with van der Waals surface area (Å²) in [6.07, 6.45) is 0.626. The SMILES string of the molecule is O=C(NCCCOCCO)c1cccc(F)n1. The minimum Gasteiger partial charge on any atom is -0.394 e. The van der Waals surface area contributed by atoms with E-state index in [1.165, 1.54) is 18.2 Å². The smallest absolute Gasteiger partial charge is 0.269 e. The van der Waals surface area contributed by atoms with Crippen molar-refractivity contribution in [2.24, 2.45) is 0 Å². The highest BCUT2D eigenvalue weighted by molar-refractivity contribution is 5.92. The average molecular weight is 242 g/mol. The number of ether oxygens (including phenoxy) is 1. The van der Waals surface area contributed by atoms with Gasteiger partial charge in [-0.05, 0) is 18.6 Å². The van der Waals surface area contributed by atoms with Gasteiger partial charge in [-0.25, -0.2) is 4.98 Å². The van der Waals surface area contributed by atoms with E-state index in [0.717, 1.165) is 0 Å². The molecule has 6 heteroatoms. The second kappa shape index (κ2) is 7.70. The predicted octanol–water partition coefficient (Wildman–Crippen LogP) is 0.349. The number of pyridine rings is 1. The van der Waals surface area contributed by atoms with E-state index in [-0.39, 0.29) is 12.3 Å². The number of carbonyl (C=O) groups excluding carboxylic acids is 1. The Bertz CT molecular complexity index is 360. The Balaban J connectivity index is 2.21. The zero-order valence-electron chi connectivity index (χ0n) is 9.36. The number of hydrogen-bond acceptors (Lipinski definition) is 4. The van der Waals surface area contributed by atoms with Crippen LogP contribution in [-0.2, 0) is 4.74 Å². The van der Waals surface area contributed by atoms with E-state index in [1.807, 2.05) is 0 Å². The van der Waals surface area contributed by atoms with Crippen molar-refractivity contribution in [1.82, 2.24) is 10.3 Å². The molecule has 0 spiro atoms. The lowest BCUT2D eigenvalue weighted by atomic mass is 10.3. The minimum absolute atomic E-state index is 0.0143. The second-order valence-corrected chi connectivity index (χ2v) is 3.29. The van der Waals surface area contributed by atoms with Crippen molar-refractivity contribution in [1.29, 1.82) is 0 Å². The predicted molar refractivity (Wildman–Crippen MR) is 59.1 cm³/mol. The maximum absolute atomic E-state index is 12.7. The highest BCUT2D eigenvalue weighted by Gasteiger charge is 2.06. The number of amides is 1. The number of aliphatic hydroxyl groups is 1. The average Bonchev–Trinajstić information content (AvgIpc) is 2.33. The molecule has 0 saturated heterocycles. The van der Waals surface area contributed by atoms with Gasteiger partial charge >= 0.3 is 0 Å². The van der Waals surface area contributed by atoms with Gasteiger partial charge in [-0.1, -0.05) is 6.07 Å². The van der Waals surface area contributed by atoms with Gasteiger partial charge in [0.25, 0.3) is 5.91 Å². The lowest BCUT2D eigenvalue weighted by Gasteiger charge is -2.05. The number of halogens is 1. The van der Waals surface area contributed by atoms with Crippen LogP contribution in [0.1, 0.15) is 16.9 Å². The maximum Gasteiger partial charge on any atom is 0.269 e. The third kappa shape index (κ3) is 5.37. The van der Waals surface area contributed by atoms with Crippen LogP contribution >= 0.6 is 0 Å². The van der Waals surface area contributed by atoms with Crippen molar-refractivity contribution in [2.75, 3.05) is 26.4 Å². The first kappa shape index (κ1) is 13.5. The molecule has 1 heterocycles. The van der Waals surface area contributed by atoms with Crippen molar-refractivity contribution < 1.29 is 19.0 Å². The van der Waals surface area contributed by atoms with Crippen LogP contribution in [0.2, 0.25) is 0 Å². The summed E-state index contributed by atoms with van der Waals surface area (Å²) >= 11 is 0. The quantitative estimate of drug-likeness (QED) is 0.534. The Hall–Kier alpha value is -1.53. The Morgan fingerprint density at radius 1 is 1.47 bits per heavy atom. The maximum atomic E-state index is 12.7. The summed E-state index contributed by atoms with van der Waals surface area (Å²) in [5, 5.41) is 11.0. The molecule has 0 fully saturated rings. The molecular formula is C11H15FN2O3. The van der Waals surface area contributed by atoms with Crippen LogP contribution in [-0.4, -0.2) is 42.4 Å². The van der Waals surface area contributed by atoms with Crippen LogP contribution in [0, 0.1) is 5.95 Å². The Morgan fingerprint density at radius 2 is 2.29 bits per heavy atom. The molecular weight excluding hydrogens is 227 g/mol. The van der Waals surface area contributed by atoms with E-state index in [0.29, 0.717) is 26.2 Å². The first-order valence-electron chi connectivity index (χ1n) is 5.33. The van der Waals surface area contributed by atoms with Gasteiger partial charge in [0.1, 0.15) is 5.69 Å². The molecule has 0 aromatic carbocycles. The van der Waals surface area contributed by atoms with Gasteiger partial charge in [0, 0.05) is 13.2 Å². The van der Waals surface area contributed by atoms with Crippen molar-refractivity contribution >= 4 is 5.91 Å². The van der Waals surface area contributed by atoms with E-state index in [4.69, 9.17) is 9.84 Å². The summed E-state index contributed by atoms with van der Waals surface area (Å²) in [4.78, 5) is 14.9. The van der Waals surface area contributed by atoms with Gasteiger partial charge in [-0.2, -0.15) is 4.39 Å². The molecule has 5 nitrogen and oxygen atoms in total. The molecule has 94 valence electrons. The summed E-state index contributed by atoms with van der Waals surface area (Å²) in [6, 6.07) is 4.06. The molecule has 17 heavy (non-hydrogen) atoms. The van der Waals surface area contributed by atoms with Crippen LogP contribution in [0.25, 0.3) is 0 Å². The molecule has 1 amide bonds. The van der Waals surface area contributed by atoms with Gasteiger partial charge in [0.05, 0.1) is 13.2 Å². The second-order valence-electron chi connectivity index (χ2n) is 3.29. The number of carbonyl (C=O) groups is 1. The molecule has 1 rings (SSSR count). The summed E-state index contributed by atoms with van der Waals surface area (Å²) in [5.41, 5.74) is 0.0567. The van der Waals surface area contributed by atoms with E-state index < -0.39 is 11.9 Å². The number of aromatic nitrogens is 1. The third-order valence-corrected chi connectivity index (χ3v) is 1.93. The Labute approximate surface area is 98.6 Å². The van der Waals surface area contributed by atoms with Gasteiger partial charge in [-0.15, -0.1) is 0 Å². The van der Waals surface area contributed by atoms with E-state index in [2.05, 4.69) is 10.3 Å². The summed E-state index contributed by atoms with van der Waals surface area (Å²) in [6.45, 7) is 1.15. The first-order chi connectivity index (χ1) is 8.24. The molecule has 0 bridgehead atoms. The molecule has 0 atom stereocenters. The lowest BCUT2D eigenvalue weighted by Crippen LogP contribution is -2.26. The van der Waals surface area contributed by atoms with Crippen molar-refractivity contribution in [2.45, 2.75) is 6.42 Å². The number of nitrogens with one attached hydrogen (secondary N) is 1. The Kier molecular flexibility index (Phi) is 6.13. The van der Waals surface area contributed by atoms with Gasteiger partial charge in [0.15, 0.2) is 0 Å². The summed E-state index contributed by atoms with van der Waals surface area (Å²) < 4.78 is 17.7. The molecule has 1 aromatic rings. The first-order valence-corrected chi connectivity index (χ1v) is 5.33. The fraction of sp³-hybridized carbons (Fsp3) is 0.455. The molecule has 0 radical (unpaired) electrons. The van der Waals surface area contributed by atoms with E-state index in [9.17, 15) is 9.18 Å². The zero-order chi connectivity index (χ0) is 12.5. The molecule has 1 aromatic heterocycles. The summed E-state index contributed by atoms with van der Waals surface area (Å²) in [5.74, 6) is -1.09. The fourth-order valence-corrected chi connectivity index (χ4v) is 1.17. The highest BCUT2D eigenvalue weighted by Crippen LogP contribution is 1.97. The Morgan fingerprint density at radius 3 is 3.00 bits per heavy atom.